The van der Waals surface area contributed by atoms with E-state index in [4.69, 9.17) is 22.0 Å². The Labute approximate surface area is 208 Å². The normalized spacial score (nSPS) is 16.1. The molecule has 0 spiro atoms. The molecule has 0 saturated carbocycles. The van der Waals surface area contributed by atoms with Crippen molar-refractivity contribution < 1.29 is 9.13 Å². The van der Waals surface area contributed by atoms with E-state index in [0.29, 0.717) is 55.7 Å². The summed E-state index contributed by atoms with van der Waals surface area (Å²) in [7, 11) is 0. The monoisotopic (exact) mass is 488 g/mol. The highest BCUT2D eigenvalue weighted by molar-refractivity contribution is 5.70. The van der Waals surface area contributed by atoms with Crippen molar-refractivity contribution in [1.29, 1.82) is 0 Å². The third kappa shape index (κ3) is 5.24. The van der Waals surface area contributed by atoms with Crippen molar-refractivity contribution in [1.82, 2.24) is 20.1 Å². The summed E-state index contributed by atoms with van der Waals surface area (Å²) >= 11 is 0. The molecule has 5 rings (SSSR count). The van der Waals surface area contributed by atoms with Gasteiger partial charge in [-0.15, -0.1) is 0 Å². The van der Waals surface area contributed by atoms with E-state index >= 15 is 0 Å². The van der Waals surface area contributed by atoms with Crippen LogP contribution in [0.1, 0.15) is 40.2 Å². The van der Waals surface area contributed by atoms with E-state index in [2.05, 4.69) is 26.9 Å². The number of hydrogen-bond acceptors (Lipinski definition) is 8. The molecule has 1 aliphatic rings. The van der Waals surface area contributed by atoms with E-state index in [1.54, 1.807) is 6.07 Å². The number of nitrogens with zero attached hydrogens (tertiary/aromatic N) is 3. The Balaban J connectivity index is 1.52. The lowest BCUT2D eigenvalue weighted by atomic mass is 9.89. The molecule has 36 heavy (non-hydrogen) atoms. The highest BCUT2D eigenvalue weighted by atomic mass is 19.1. The molecule has 0 radical (unpaired) electrons. The van der Waals surface area contributed by atoms with Crippen LogP contribution in [0.2, 0.25) is 0 Å². The predicted octanol–water partition coefficient (Wildman–Crippen LogP) is 3.12. The third-order valence-electron chi connectivity index (χ3n) is 6.29. The topological polar surface area (TPSA) is 142 Å². The molecule has 0 fully saturated rings. The molecule has 6 bridgehead atoms. The molecular formula is C26H29FN8O. The number of nitrogen functional groups attached to an aromatic ring is 3. The van der Waals surface area contributed by atoms with Gasteiger partial charge in [0.2, 0.25) is 0 Å². The second-order valence-electron chi connectivity index (χ2n) is 8.94. The minimum Gasteiger partial charge on any atom is -0.489 e. The van der Waals surface area contributed by atoms with Crippen LogP contribution in [0, 0.1) is 5.82 Å². The molecule has 4 aromatic rings. The van der Waals surface area contributed by atoms with Gasteiger partial charge in [0.1, 0.15) is 24.0 Å². The first-order valence-electron chi connectivity index (χ1n) is 11.7. The zero-order valence-electron chi connectivity index (χ0n) is 19.7. The lowest BCUT2D eigenvalue weighted by Gasteiger charge is -2.20. The van der Waals surface area contributed by atoms with Crippen LogP contribution in [0.4, 0.5) is 21.7 Å². The molecule has 186 valence electrons. The molecule has 0 amide bonds. The van der Waals surface area contributed by atoms with E-state index in [1.807, 2.05) is 41.3 Å². The van der Waals surface area contributed by atoms with Gasteiger partial charge in [-0.1, -0.05) is 24.3 Å². The Morgan fingerprint density at radius 1 is 1.08 bits per heavy atom. The van der Waals surface area contributed by atoms with Crippen LogP contribution in [0.25, 0.3) is 0 Å². The van der Waals surface area contributed by atoms with Crippen LogP contribution in [0.3, 0.4) is 0 Å². The van der Waals surface area contributed by atoms with Crippen molar-refractivity contribution in [2.45, 2.75) is 32.0 Å². The zero-order chi connectivity index (χ0) is 25.1. The Hall–Kier alpha value is -4.15. The molecule has 10 heteroatoms. The summed E-state index contributed by atoms with van der Waals surface area (Å²) in [5.41, 5.74) is 20.1. The van der Waals surface area contributed by atoms with E-state index in [1.165, 1.54) is 12.1 Å². The van der Waals surface area contributed by atoms with Crippen molar-refractivity contribution in [3.63, 3.8) is 0 Å². The Bertz CT molecular complexity index is 1370. The number of anilines is 3. The van der Waals surface area contributed by atoms with Crippen molar-refractivity contribution >= 4 is 17.3 Å². The first-order valence-corrected chi connectivity index (χ1v) is 11.7. The number of nitrogens with one attached hydrogen (secondary N) is 2. The van der Waals surface area contributed by atoms with Gasteiger partial charge < -0.3 is 26.9 Å². The molecule has 8 N–H and O–H groups in total. The summed E-state index contributed by atoms with van der Waals surface area (Å²) in [6, 6.07) is 14.6. The summed E-state index contributed by atoms with van der Waals surface area (Å²) in [6.45, 7) is 2.05. The molecule has 9 nitrogen and oxygen atoms in total. The largest absolute Gasteiger partial charge is 0.489 e. The molecule has 1 aliphatic heterocycles. The Morgan fingerprint density at radius 3 is 2.81 bits per heavy atom. The van der Waals surface area contributed by atoms with Crippen LogP contribution < -0.4 is 32.8 Å². The van der Waals surface area contributed by atoms with Crippen LogP contribution >= 0.6 is 0 Å². The van der Waals surface area contributed by atoms with Gasteiger partial charge in [-0.2, -0.15) is 5.10 Å². The van der Waals surface area contributed by atoms with Crippen molar-refractivity contribution in [3.05, 3.63) is 94.6 Å². The smallest absolute Gasteiger partial charge is 0.165 e. The third-order valence-corrected chi connectivity index (χ3v) is 6.29. The average Bonchev–Trinajstić information content (AvgIpc) is 3.31. The average molecular weight is 489 g/mol. The van der Waals surface area contributed by atoms with Crippen LogP contribution in [0.15, 0.2) is 60.9 Å². The number of halogens is 1. The maximum Gasteiger partial charge on any atom is 0.165 e. The lowest BCUT2D eigenvalue weighted by molar-refractivity contribution is 0.304. The summed E-state index contributed by atoms with van der Waals surface area (Å²) in [4.78, 5) is 4.19. The van der Waals surface area contributed by atoms with Gasteiger partial charge >= 0.3 is 0 Å². The number of hydrazine groups is 1. The number of benzene rings is 2. The Morgan fingerprint density at radius 2 is 1.94 bits per heavy atom. The lowest BCUT2D eigenvalue weighted by Crippen LogP contribution is -2.20. The number of pyridine rings is 1. The minimum absolute atomic E-state index is 0.114. The van der Waals surface area contributed by atoms with Crippen LogP contribution in [0.5, 0.6) is 5.75 Å². The fourth-order valence-corrected chi connectivity index (χ4v) is 4.60. The van der Waals surface area contributed by atoms with Gasteiger partial charge in [0.15, 0.2) is 5.82 Å². The van der Waals surface area contributed by atoms with Crippen LogP contribution in [-0.2, 0) is 19.7 Å². The first-order chi connectivity index (χ1) is 17.5. The number of ether oxygens (including phenoxy) is 1. The van der Waals surface area contributed by atoms with Gasteiger partial charge in [0, 0.05) is 24.7 Å². The quantitative estimate of drug-likeness (QED) is 0.214. The number of fused-ring (bicyclic) bond motifs is 6. The summed E-state index contributed by atoms with van der Waals surface area (Å²) < 4.78 is 22.1. The Kier molecular flexibility index (Phi) is 6.70. The van der Waals surface area contributed by atoms with Crippen molar-refractivity contribution in [3.8, 4) is 5.75 Å². The molecule has 0 aliphatic carbocycles. The highest BCUT2D eigenvalue weighted by Crippen LogP contribution is 2.35. The molecule has 3 heterocycles. The fourth-order valence-electron chi connectivity index (χ4n) is 4.60. The van der Waals surface area contributed by atoms with E-state index in [-0.39, 0.29) is 11.7 Å². The van der Waals surface area contributed by atoms with Gasteiger partial charge in [-0.25, -0.2) is 15.2 Å². The van der Waals surface area contributed by atoms with Crippen molar-refractivity contribution in [2.24, 2.45) is 5.84 Å². The van der Waals surface area contributed by atoms with E-state index in [0.717, 1.165) is 27.8 Å². The van der Waals surface area contributed by atoms with E-state index < -0.39 is 0 Å². The van der Waals surface area contributed by atoms with Crippen LogP contribution in [-0.4, -0.2) is 21.3 Å². The zero-order valence-corrected chi connectivity index (χ0v) is 19.7. The summed E-state index contributed by atoms with van der Waals surface area (Å²) in [5.74, 6) is 6.33. The predicted molar refractivity (Wildman–Crippen MR) is 138 cm³/mol. The molecule has 1 unspecified atom stereocenters. The highest BCUT2D eigenvalue weighted by Gasteiger charge is 2.22. The standard InChI is InChI=1S/C26H29FN8O/c27-20-7-18-8-21(9-20)36-15-17-3-1-2-16(6-17)13-35-14-19(12-32-35)22(4-5-31-11-18)23-10-24(28)33-26(34-30)25(23)29/h1-3,6-10,12,14,22,31H,4-5,11,13,15,29-30H2,(H3,28,33,34). The second kappa shape index (κ2) is 10.2. The van der Waals surface area contributed by atoms with Crippen molar-refractivity contribution in [2.75, 3.05) is 23.4 Å². The molecular weight excluding hydrogens is 459 g/mol. The fraction of sp³-hybridized carbons (Fsp3) is 0.231. The van der Waals surface area contributed by atoms with Gasteiger partial charge in [-0.05, 0) is 59.0 Å². The molecule has 0 saturated heterocycles. The second-order valence-corrected chi connectivity index (χ2v) is 8.94. The maximum atomic E-state index is 14.3. The summed E-state index contributed by atoms with van der Waals surface area (Å²) in [6.07, 6.45) is 4.57. The molecule has 2 aromatic heterocycles. The van der Waals surface area contributed by atoms with Gasteiger partial charge in [0.25, 0.3) is 0 Å². The number of rotatable bonds is 2. The van der Waals surface area contributed by atoms with E-state index in [9.17, 15) is 4.39 Å². The summed E-state index contributed by atoms with van der Waals surface area (Å²) in [5, 5.41) is 8.01. The van der Waals surface area contributed by atoms with Gasteiger partial charge in [0.05, 0.1) is 18.4 Å². The SMILES string of the molecule is NNc1nc(N)cc(C2CCNCc3cc(F)cc(c3)OCc3cccc(c3)Cn3cc2cn3)c1N. The number of nitrogens with two attached hydrogens (primary N) is 3. The molecule has 2 aromatic carbocycles. The number of hydrogen-bond donors (Lipinski definition) is 5. The van der Waals surface area contributed by atoms with Gasteiger partial charge in [-0.3, -0.25) is 4.68 Å². The number of aromatic nitrogens is 3. The molecule has 1 atom stereocenters. The minimum atomic E-state index is -0.331. The first kappa shape index (κ1) is 23.6. The maximum absolute atomic E-state index is 14.3.